The van der Waals surface area contributed by atoms with Gasteiger partial charge in [-0.3, -0.25) is 4.79 Å². The molecule has 0 unspecified atom stereocenters. The fraction of sp³-hybridized carbons (Fsp3) is 0.929. The predicted octanol–water partition coefficient (Wildman–Crippen LogP) is 1.17. The van der Waals surface area contributed by atoms with Crippen molar-refractivity contribution >= 4 is 5.91 Å². The molecule has 0 spiro atoms. The molecule has 0 atom stereocenters. The first-order valence-corrected chi connectivity index (χ1v) is 7.15. The summed E-state index contributed by atoms with van der Waals surface area (Å²) in [7, 11) is 4.11. The van der Waals surface area contributed by atoms with Crippen LogP contribution in [0.5, 0.6) is 0 Å². The summed E-state index contributed by atoms with van der Waals surface area (Å²) in [6, 6.07) is 0.456. The third-order valence-corrected chi connectivity index (χ3v) is 3.69. The van der Waals surface area contributed by atoms with Crippen LogP contribution in [0.2, 0.25) is 0 Å². The number of hydrogen-bond acceptors (Lipinski definition) is 3. The summed E-state index contributed by atoms with van der Waals surface area (Å²) in [5, 5.41) is 3.29. The van der Waals surface area contributed by atoms with Gasteiger partial charge in [0.2, 0.25) is 5.91 Å². The summed E-state index contributed by atoms with van der Waals surface area (Å²) in [4.78, 5) is 16.2. The Morgan fingerprint density at radius 2 is 2.00 bits per heavy atom. The van der Waals surface area contributed by atoms with E-state index >= 15 is 0 Å². The molecule has 1 N–H and O–H groups in total. The molecular formula is C14H29N3O. The van der Waals surface area contributed by atoms with Crippen LogP contribution in [0, 0.1) is 5.92 Å². The van der Waals surface area contributed by atoms with Crippen LogP contribution < -0.4 is 5.32 Å². The Morgan fingerprint density at radius 1 is 1.39 bits per heavy atom. The van der Waals surface area contributed by atoms with Crippen LogP contribution in [0.15, 0.2) is 0 Å². The minimum Gasteiger partial charge on any atom is -0.345 e. The molecule has 0 aliphatic carbocycles. The van der Waals surface area contributed by atoms with Crippen molar-refractivity contribution in [2.45, 2.75) is 39.2 Å². The monoisotopic (exact) mass is 255 g/mol. The van der Waals surface area contributed by atoms with E-state index in [0.29, 0.717) is 18.4 Å². The highest BCUT2D eigenvalue weighted by molar-refractivity contribution is 5.76. The molecule has 0 aromatic rings. The zero-order valence-corrected chi connectivity index (χ0v) is 12.4. The van der Waals surface area contributed by atoms with Gasteiger partial charge in [0.1, 0.15) is 0 Å². The summed E-state index contributed by atoms with van der Waals surface area (Å²) in [5.41, 5.74) is 0. The first-order chi connectivity index (χ1) is 8.49. The Balaban J connectivity index is 2.18. The largest absolute Gasteiger partial charge is 0.345 e. The summed E-state index contributed by atoms with van der Waals surface area (Å²) in [6.45, 7) is 8.26. The second-order valence-electron chi connectivity index (χ2n) is 5.88. The van der Waals surface area contributed by atoms with E-state index in [9.17, 15) is 4.79 Å². The van der Waals surface area contributed by atoms with Crippen LogP contribution in [-0.2, 0) is 4.79 Å². The van der Waals surface area contributed by atoms with Crippen LogP contribution in [-0.4, -0.2) is 62.0 Å². The minimum absolute atomic E-state index is 0.266. The summed E-state index contributed by atoms with van der Waals surface area (Å²) in [6.07, 6.45) is 3.05. The van der Waals surface area contributed by atoms with Gasteiger partial charge in [-0.05, 0) is 38.9 Å². The number of hydrogen-bond donors (Lipinski definition) is 1. The van der Waals surface area contributed by atoms with Gasteiger partial charge in [-0.2, -0.15) is 0 Å². The standard InChI is InChI=1S/C14H29N3O/c1-12(2)15-8-5-14(18)17(4)11-13-6-9-16(3)10-7-13/h12-13,15H,5-11H2,1-4H3. The number of rotatable bonds is 6. The summed E-state index contributed by atoms with van der Waals surface area (Å²) in [5.74, 6) is 0.954. The fourth-order valence-electron chi connectivity index (χ4n) is 2.39. The highest BCUT2D eigenvalue weighted by atomic mass is 16.2. The van der Waals surface area contributed by atoms with Crippen molar-refractivity contribution in [3.05, 3.63) is 0 Å². The number of carbonyl (C=O) groups excluding carboxylic acids is 1. The van der Waals surface area contributed by atoms with Gasteiger partial charge in [-0.25, -0.2) is 0 Å². The van der Waals surface area contributed by atoms with E-state index in [1.807, 2.05) is 11.9 Å². The van der Waals surface area contributed by atoms with E-state index in [1.54, 1.807) is 0 Å². The highest BCUT2D eigenvalue weighted by Crippen LogP contribution is 2.16. The molecule has 0 aromatic carbocycles. The minimum atomic E-state index is 0.266. The van der Waals surface area contributed by atoms with Gasteiger partial charge in [-0.15, -0.1) is 0 Å². The summed E-state index contributed by atoms with van der Waals surface area (Å²) >= 11 is 0. The third kappa shape index (κ3) is 5.83. The molecular weight excluding hydrogens is 226 g/mol. The molecule has 1 heterocycles. The van der Waals surface area contributed by atoms with Gasteiger partial charge >= 0.3 is 0 Å². The molecule has 1 aliphatic heterocycles. The van der Waals surface area contributed by atoms with Crippen molar-refractivity contribution < 1.29 is 4.79 Å². The van der Waals surface area contributed by atoms with E-state index in [2.05, 4.69) is 31.1 Å². The molecule has 4 heteroatoms. The Hall–Kier alpha value is -0.610. The van der Waals surface area contributed by atoms with E-state index in [4.69, 9.17) is 0 Å². The van der Waals surface area contributed by atoms with Crippen molar-refractivity contribution in [1.29, 1.82) is 0 Å². The normalized spacial score (nSPS) is 18.3. The molecule has 0 bridgehead atoms. The first-order valence-electron chi connectivity index (χ1n) is 7.15. The third-order valence-electron chi connectivity index (χ3n) is 3.69. The highest BCUT2D eigenvalue weighted by Gasteiger charge is 2.19. The van der Waals surface area contributed by atoms with Crippen LogP contribution >= 0.6 is 0 Å². The number of piperidine rings is 1. The van der Waals surface area contributed by atoms with Gasteiger partial charge < -0.3 is 15.1 Å². The second-order valence-corrected chi connectivity index (χ2v) is 5.88. The van der Waals surface area contributed by atoms with E-state index < -0.39 is 0 Å². The SMILES string of the molecule is CC(C)NCCC(=O)N(C)CC1CCN(C)CC1. The quantitative estimate of drug-likeness (QED) is 0.774. The van der Waals surface area contributed by atoms with E-state index in [-0.39, 0.29) is 5.91 Å². The lowest BCUT2D eigenvalue weighted by atomic mass is 9.96. The van der Waals surface area contributed by atoms with Crippen molar-refractivity contribution in [1.82, 2.24) is 15.1 Å². The van der Waals surface area contributed by atoms with Gasteiger partial charge in [0.25, 0.3) is 0 Å². The topological polar surface area (TPSA) is 35.6 Å². The maximum Gasteiger partial charge on any atom is 0.223 e. The van der Waals surface area contributed by atoms with Crippen molar-refractivity contribution in [3.8, 4) is 0 Å². The Bertz CT molecular complexity index is 247. The number of carbonyl (C=O) groups is 1. The number of nitrogens with zero attached hydrogens (tertiary/aromatic N) is 2. The first kappa shape index (κ1) is 15.4. The molecule has 1 aliphatic rings. The number of nitrogens with one attached hydrogen (secondary N) is 1. The Kier molecular flexibility index (Phi) is 6.65. The lowest BCUT2D eigenvalue weighted by molar-refractivity contribution is -0.130. The lowest BCUT2D eigenvalue weighted by Crippen LogP contribution is -2.39. The Morgan fingerprint density at radius 3 is 2.56 bits per heavy atom. The van der Waals surface area contributed by atoms with E-state index in [0.717, 1.165) is 13.1 Å². The smallest absolute Gasteiger partial charge is 0.223 e. The molecule has 4 nitrogen and oxygen atoms in total. The predicted molar refractivity (Wildman–Crippen MR) is 75.6 cm³/mol. The van der Waals surface area contributed by atoms with Crippen molar-refractivity contribution in [2.24, 2.45) is 5.92 Å². The summed E-state index contributed by atoms with van der Waals surface area (Å²) < 4.78 is 0. The maximum absolute atomic E-state index is 11.9. The molecule has 1 rings (SSSR count). The molecule has 1 fully saturated rings. The molecule has 1 amide bonds. The zero-order chi connectivity index (χ0) is 13.5. The molecule has 0 aromatic heterocycles. The molecule has 1 saturated heterocycles. The van der Waals surface area contributed by atoms with Crippen LogP contribution in [0.25, 0.3) is 0 Å². The van der Waals surface area contributed by atoms with Crippen molar-refractivity contribution in [2.75, 3.05) is 40.3 Å². The average Bonchev–Trinajstić information content (AvgIpc) is 2.31. The number of likely N-dealkylation sites (tertiary alicyclic amines) is 1. The second kappa shape index (κ2) is 7.74. The van der Waals surface area contributed by atoms with Crippen molar-refractivity contribution in [3.63, 3.8) is 0 Å². The average molecular weight is 255 g/mol. The maximum atomic E-state index is 11.9. The molecule has 0 radical (unpaired) electrons. The van der Waals surface area contributed by atoms with Crippen LogP contribution in [0.3, 0.4) is 0 Å². The molecule has 18 heavy (non-hydrogen) atoms. The van der Waals surface area contributed by atoms with E-state index in [1.165, 1.54) is 25.9 Å². The Labute approximate surface area is 112 Å². The molecule has 106 valence electrons. The lowest BCUT2D eigenvalue weighted by Gasteiger charge is -2.31. The van der Waals surface area contributed by atoms with Gasteiger partial charge in [-0.1, -0.05) is 13.8 Å². The molecule has 0 saturated carbocycles. The van der Waals surface area contributed by atoms with Crippen LogP contribution in [0.1, 0.15) is 33.1 Å². The number of amides is 1. The van der Waals surface area contributed by atoms with Gasteiger partial charge in [0.15, 0.2) is 0 Å². The van der Waals surface area contributed by atoms with Gasteiger partial charge in [0, 0.05) is 32.6 Å². The van der Waals surface area contributed by atoms with Gasteiger partial charge in [0.05, 0.1) is 0 Å². The van der Waals surface area contributed by atoms with Crippen LogP contribution in [0.4, 0.5) is 0 Å². The fourth-order valence-corrected chi connectivity index (χ4v) is 2.39. The zero-order valence-electron chi connectivity index (χ0n) is 12.4.